The second-order valence-electron chi connectivity index (χ2n) is 7.17. The van der Waals surface area contributed by atoms with Gasteiger partial charge < -0.3 is 9.47 Å². The Bertz CT molecular complexity index is 523. The molecular weight excluding hydrogens is 264 g/mol. The van der Waals surface area contributed by atoms with E-state index in [1.54, 1.807) is 7.11 Å². The molecule has 0 aliphatic heterocycles. The van der Waals surface area contributed by atoms with E-state index in [2.05, 4.69) is 32.1 Å². The van der Waals surface area contributed by atoms with E-state index in [4.69, 9.17) is 9.47 Å². The molecule has 0 aromatic carbocycles. The van der Waals surface area contributed by atoms with Crippen LogP contribution < -0.4 is 0 Å². The first kappa shape index (κ1) is 16.0. The van der Waals surface area contributed by atoms with E-state index in [1.165, 1.54) is 5.57 Å². The summed E-state index contributed by atoms with van der Waals surface area (Å²) in [6, 6.07) is 0. The SMILES string of the molecule is COC1(C)C=CC2=C(C=C1)C(OC(=O)C(C)C)C(C)(C)C2. The molecule has 0 saturated carbocycles. The Morgan fingerprint density at radius 1 is 1.24 bits per heavy atom. The van der Waals surface area contributed by atoms with Gasteiger partial charge in [0.15, 0.2) is 0 Å². The van der Waals surface area contributed by atoms with E-state index in [0.717, 1.165) is 12.0 Å². The number of carbonyl (C=O) groups excluding carboxylic acids is 1. The smallest absolute Gasteiger partial charge is 0.308 e. The van der Waals surface area contributed by atoms with Gasteiger partial charge in [-0.3, -0.25) is 4.79 Å². The normalized spacial score (nSPS) is 30.5. The number of carbonyl (C=O) groups is 1. The summed E-state index contributed by atoms with van der Waals surface area (Å²) in [5.74, 6) is -0.252. The third-order valence-electron chi connectivity index (χ3n) is 4.36. The largest absolute Gasteiger partial charge is 0.457 e. The molecule has 0 radical (unpaired) electrons. The van der Waals surface area contributed by atoms with Crippen LogP contribution in [0.4, 0.5) is 0 Å². The van der Waals surface area contributed by atoms with Gasteiger partial charge in [-0.1, -0.05) is 39.8 Å². The monoisotopic (exact) mass is 290 g/mol. The van der Waals surface area contributed by atoms with Gasteiger partial charge in [-0.15, -0.1) is 0 Å². The minimum absolute atomic E-state index is 0.0787. The fourth-order valence-electron chi connectivity index (χ4n) is 2.81. The lowest BCUT2D eigenvalue weighted by molar-refractivity contribution is -0.155. The van der Waals surface area contributed by atoms with Gasteiger partial charge in [0, 0.05) is 12.5 Å². The van der Waals surface area contributed by atoms with Crippen molar-refractivity contribution in [2.45, 2.75) is 52.7 Å². The van der Waals surface area contributed by atoms with E-state index in [1.807, 2.05) is 26.8 Å². The van der Waals surface area contributed by atoms with Crippen LogP contribution in [0.1, 0.15) is 41.0 Å². The number of hydrogen-bond donors (Lipinski definition) is 0. The fourth-order valence-corrected chi connectivity index (χ4v) is 2.81. The van der Waals surface area contributed by atoms with Crippen molar-refractivity contribution >= 4 is 5.97 Å². The average Bonchev–Trinajstić information content (AvgIpc) is 2.54. The third-order valence-corrected chi connectivity index (χ3v) is 4.36. The molecule has 3 nitrogen and oxygen atoms in total. The number of esters is 1. The minimum Gasteiger partial charge on any atom is -0.457 e. The summed E-state index contributed by atoms with van der Waals surface area (Å²) in [6.07, 6.45) is 8.98. The van der Waals surface area contributed by atoms with Gasteiger partial charge in [-0.2, -0.15) is 0 Å². The van der Waals surface area contributed by atoms with Crippen LogP contribution in [0.25, 0.3) is 0 Å². The van der Waals surface area contributed by atoms with Gasteiger partial charge in [-0.25, -0.2) is 0 Å². The van der Waals surface area contributed by atoms with E-state index >= 15 is 0 Å². The molecule has 0 fully saturated rings. The molecular formula is C18H26O3. The van der Waals surface area contributed by atoms with Crippen molar-refractivity contribution in [2.24, 2.45) is 11.3 Å². The van der Waals surface area contributed by atoms with Gasteiger partial charge >= 0.3 is 5.97 Å². The number of rotatable bonds is 3. The average molecular weight is 290 g/mol. The van der Waals surface area contributed by atoms with Crippen molar-refractivity contribution in [3.63, 3.8) is 0 Å². The molecule has 116 valence electrons. The zero-order valence-corrected chi connectivity index (χ0v) is 13.9. The van der Waals surface area contributed by atoms with Crippen molar-refractivity contribution in [3.8, 4) is 0 Å². The predicted molar refractivity (Wildman–Crippen MR) is 83.8 cm³/mol. The highest BCUT2D eigenvalue weighted by Gasteiger charge is 2.43. The Hall–Kier alpha value is -1.35. The first-order valence-corrected chi connectivity index (χ1v) is 7.56. The molecule has 0 saturated heterocycles. The van der Waals surface area contributed by atoms with E-state index in [-0.39, 0.29) is 23.4 Å². The summed E-state index contributed by atoms with van der Waals surface area (Å²) < 4.78 is 11.3. The lowest BCUT2D eigenvalue weighted by Gasteiger charge is -2.29. The lowest BCUT2D eigenvalue weighted by atomic mass is 9.85. The van der Waals surface area contributed by atoms with Crippen LogP contribution in [0.5, 0.6) is 0 Å². The fraction of sp³-hybridized carbons (Fsp3) is 0.611. The van der Waals surface area contributed by atoms with E-state index < -0.39 is 5.60 Å². The highest BCUT2D eigenvalue weighted by Crippen LogP contribution is 2.46. The topological polar surface area (TPSA) is 35.5 Å². The molecule has 0 heterocycles. The van der Waals surface area contributed by atoms with Gasteiger partial charge in [0.05, 0.1) is 5.92 Å². The summed E-state index contributed by atoms with van der Waals surface area (Å²) in [4.78, 5) is 12.0. The molecule has 21 heavy (non-hydrogen) atoms. The van der Waals surface area contributed by atoms with Crippen LogP contribution in [-0.2, 0) is 14.3 Å². The molecule has 2 aliphatic carbocycles. The quantitative estimate of drug-likeness (QED) is 0.741. The maximum Gasteiger partial charge on any atom is 0.308 e. The first-order valence-electron chi connectivity index (χ1n) is 7.56. The number of ether oxygens (including phenoxy) is 2. The molecule has 0 bridgehead atoms. The molecule has 0 amide bonds. The molecule has 2 atom stereocenters. The molecule has 2 rings (SSSR count). The standard InChI is InChI=1S/C18H26O3/c1-12(2)16(19)21-15-14-8-10-18(5,20-6)9-7-13(14)11-17(15,3)4/h7-10,12,15H,11H2,1-6H3. The summed E-state index contributed by atoms with van der Waals surface area (Å²) in [5.41, 5.74) is 1.86. The van der Waals surface area contributed by atoms with Gasteiger partial charge in [0.25, 0.3) is 0 Å². The maximum atomic E-state index is 12.0. The summed E-state index contributed by atoms with van der Waals surface area (Å²) >= 11 is 0. The molecule has 0 spiro atoms. The Morgan fingerprint density at radius 3 is 2.43 bits per heavy atom. The zero-order valence-electron chi connectivity index (χ0n) is 13.9. The molecule has 2 unspecified atom stereocenters. The highest BCUT2D eigenvalue weighted by atomic mass is 16.5. The zero-order chi connectivity index (χ0) is 15.8. The van der Waals surface area contributed by atoms with Crippen LogP contribution >= 0.6 is 0 Å². The molecule has 0 aromatic heterocycles. The Balaban J connectivity index is 2.32. The molecule has 2 aliphatic rings. The second-order valence-corrected chi connectivity index (χ2v) is 7.17. The van der Waals surface area contributed by atoms with Crippen molar-refractivity contribution < 1.29 is 14.3 Å². The minimum atomic E-state index is -0.402. The number of methoxy groups -OCH3 is 1. The van der Waals surface area contributed by atoms with Crippen molar-refractivity contribution in [2.75, 3.05) is 7.11 Å². The van der Waals surface area contributed by atoms with Gasteiger partial charge in [0.2, 0.25) is 0 Å². The van der Waals surface area contributed by atoms with Crippen molar-refractivity contribution in [1.82, 2.24) is 0 Å². The van der Waals surface area contributed by atoms with Crippen LogP contribution in [0.15, 0.2) is 35.5 Å². The summed E-state index contributed by atoms with van der Waals surface area (Å²) in [6.45, 7) is 10.0. The Morgan fingerprint density at radius 2 is 1.86 bits per heavy atom. The Kier molecular flexibility index (Phi) is 4.16. The van der Waals surface area contributed by atoms with Crippen LogP contribution in [0, 0.1) is 11.3 Å². The van der Waals surface area contributed by atoms with Crippen LogP contribution in [-0.4, -0.2) is 24.8 Å². The van der Waals surface area contributed by atoms with Crippen LogP contribution in [0.3, 0.4) is 0 Å². The van der Waals surface area contributed by atoms with Gasteiger partial charge in [0.1, 0.15) is 11.7 Å². The third kappa shape index (κ3) is 3.13. The predicted octanol–water partition coefficient (Wildman–Crippen LogP) is 3.81. The summed E-state index contributed by atoms with van der Waals surface area (Å²) in [5, 5.41) is 0. The lowest BCUT2D eigenvalue weighted by Crippen LogP contribution is -2.32. The molecule has 0 N–H and O–H groups in total. The Labute approximate surface area is 127 Å². The maximum absolute atomic E-state index is 12.0. The van der Waals surface area contributed by atoms with Crippen molar-refractivity contribution in [3.05, 3.63) is 35.5 Å². The number of hydrogen-bond acceptors (Lipinski definition) is 3. The van der Waals surface area contributed by atoms with Crippen molar-refractivity contribution in [1.29, 1.82) is 0 Å². The first-order chi connectivity index (χ1) is 9.68. The number of allylic oxidation sites excluding steroid dienone is 2. The van der Waals surface area contributed by atoms with Gasteiger partial charge in [-0.05, 0) is 36.6 Å². The molecule has 0 aromatic rings. The van der Waals surface area contributed by atoms with Crippen LogP contribution in [0.2, 0.25) is 0 Å². The highest BCUT2D eigenvalue weighted by molar-refractivity contribution is 5.72. The van der Waals surface area contributed by atoms with E-state index in [0.29, 0.717) is 0 Å². The summed E-state index contributed by atoms with van der Waals surface area (Å²) in [7, 11) is 1.70. The van der Waals surface area contributed by atoms with E-state index in [9.17, 15) is 4.79 Å². The second kappa shape index (κ2) is 5.45. The molecule has 3 heteroatoms.